The zero-order valence-electron chi connectivity index (χ0n) is 10.0. The van der Waals surface area contributed by atoms with Crippen LogP contribution in [0.1, 0.15) is 13.3 Å². The molecule has 0 fully saturated rings. The molecule has 1 rings (SSSR count). The first-order chi connectivity index (χ1) is 8.47. The van der Waals surface area contributed by atoms with Crippen molar-refractivity contribution in [1.82, 2.24) is 10.0 Å². The van der Waals surface area contributed by atoms with E-state index in [0.29, 0.717) is 11.6 Å². The maximum absolute atomic E-state index is 11.9. The highest BCUT2D eigenvalue weighted by atomic mass is 35.5. The van der Waals surface area contributed by atoms with Crippen LogP contribution in [0.2, 0.25) is 10.0 Å². The summed E-state index contributed by atoms with van der Waals surface area (Å²) in [7, 11) is -3.51. The standard InChI is InChI=1S/C11H16Cl2N2O2S/c1-2-14-6-3-7-15-18(16,17)9-4-5-10(12)11(13)8-9/h4-5,8,14-15H,2-3,6-7H2,1H3. The molecule has 102 valence electrons. The largest absolute Gasteiger partial charge is 0.317 e. The molecule has 1 aromatic carbocycles. The molecular weight excluding hydrogens is 295 g/mol. The third-order valence-corrected chi connectivity index (χ3v) is 4.47. The van der Waals surface area contributed by atoms with Gasteiger partial charge in [-0.1, -0.05) is 30.1 Å². The highest BCUT2D eigenvalue weighted by Gasteiger charge is 2.14. The third kappa shape index (κ3) is 4.74. The van der Waals surface area contributed by atoms with Crippen molar-refractivity contribution in [2.45, 2.75) is 18.2 Å². The molecule has 18 heavy (non-hydrogen) atoms. The van der Waals surface area contributed by atoms with Crippen LogP contribution in [0, 0.1) is 0 Å². The molecule has 0 spiro atoms. The summed E-state index contributed by atoms with van der Waals surface area (Å²) in [4.78, 5) is 0.125. The Kier molecular flexibility index (Phi) is 6.38. The fourth-order valence-corrected chi connectivity index (χ4v) is 2.79. The van der Waals surface area contributed by atoms with E-state index in [4.69, 9.17) is 23.2 Å². The molecule has 0 aliphatic rings. The van der Waals surface area contributed by atoms with Crippen LogP contribution in [0.15, 0.2) is 23.1 Å². The van der Waals surface area contributed by atoms with Crippen molar-refractivity contribution in [3.63, 3.8) is 0 Å². The minimum atomic E-state index is -3.51. The first-order valence-corrected chi connectivity index (χ1v) is 7.86. The molecule has 7 heteroatoms. The van der Waals surface area contributed by atoms with Crippen molar-refractivity contribution in [2.24, 2.45) is 0 Å². The lowest BCUT2D eigenvalue weighted by Crippen LogP contribution is -2.27. The van der Waals surface area contributed by atoms with E-state index in [0.717, 1.165) is 19.5 Å². The van der Waals surface area contributed by atoms with Crippen molar-refractivity contribution in [3.05, 3.63) is 28.2 Å². The van der Waals surface area contributed by atoms with E-state index in [-0.39, 0.29) is 9.92 Å². The highest BCUT2D eigenvalue weighted by Crippen LogP contribution is 2.24. The molecule has 0 aromatic heterocycles. The number of hydrogen-bond donors (Lipinski definition) is 2. The Balaban J connectivity index is 2.60. The number of nitrogens with one attached hydrogen (secondary N) is 2. The molecule has 4 nitrogen and oxygen atoms in total. The molecule has 0 unspecified atom stereocenters. The van der Waals surface area contributed by atoms with Gasteiger partial charge in [0.25, 0.3) is 0 Å². The third-order valence-electron chi connectivity index (χ3n) is 2.27. The Morgan fingerprint density at radius 3 is 2.50 bits per heavy atom. The number of hydrogen-bond acceptors (Lipinski definition) is 3. The van der Waals surface area contributed by atoms with Gasteiger partial charge in [-0.05, 0) is 37.7 Å². The minimum Gasteiger partial charge on any atom is -0.317 e. The molecule has 1 aromatic rings. The Morgan fingerprint density at radius 2 is 1.89 bits per heavy atom. The van der Waals surface area contributed by atoms with Crippen molar-refractivity contribution in [2.75, 3.05) is 19.6 Å². The second-order valence-electron chi connectivity index (χ2n) is 3.68. The molecule has 0 amide bonds. The number of benzene rings is 1. The van der Waals surface area contributed by atoms with Gasteiger partial charge in [-0.3, -0.25) is 0 Å². The van der Waals surface area contributed by atoms with Gasteiger partial charge in [0.15, 0.2) is 0 Å². The van der Waals surface area contributed by atoms with Crippen LogP contribution in [0.4, 0.5) is 0 Å². The SMILES string of the molecule is CCNCCCNS(=O)(=O)c1ccc(Cl)c(Cl)c1. The predicted octanol–water partition coefficient (Wildman–Crippen LogP) is 2.27. The van der Waals surface area contributed by atoms with E-state index in [1.165, 1.54) is 18.2 Å². The quantitative estimate of drug-likeness (QED) is 0.760. The average molecular weight is 311 g/mol. The molecule has 2 N–H and O–H groups in total. The molecule has 0 saturated heterocycles. The first-order valence-electron chi connectivity index (χ1n) is 5.63. The Bertz CT molecular complexity index is 492. The molecule has 0 radical (unpaired) electrons. The van der Waals surface area contributed by atoms with E-state index in [1.807, 2.05) is 6.92 Å². The fraction of sp³-hybridized carbons (Fsp3) is 0.455. The van der Waals surface area contributed by atoms with Crippen LogP contribution in [0.25, 0.3) is 0 Å². The van der Waals surface area contributed by atoms with Crippen molar-refractivity contribution in [1.29, 1.82) is 0 Å². The van der Waals surface area contributed by atoms with E-state index >= 15 is 0 Å². The molecule has 0 aliphatic heterocycles. The van der Waals surface area contributed by atoms with Gasteiger partial charge in [-0.15, -0.1) is 0 Å². The second-order valence-corrected chi connectivity index (χ2v) is 6.26. The van der Waals surface area contributed by atoms with Gasteiger partial charge in [-0.2, -0.15) is 0 Å². The Hall–Kier alpha value is -0.330. The lowest BCUT2D eigenvalue weighted by atomic mass is 10.4. The fourth-order valence-electron chi connectivity index (χ4n) is 1.32. The van der Waals surface area contributed by atoms with Crippen molar-refractivity contribution >= 4 is 33.2 Å². The van der Waals surface area contributed by atoms with E-state index in [9.17, 15) is 8.42 Å². The van der Waals surface area contributed by atoms with Crippen molar-refractivity contribution in [3.8, 4) is 0 Å². The van der Waals surface area contributed by atoms with Crippen LogP contribution >= 0.6 is 23.2 Å². The summed E-state index contributed by atoms with van der Waals surface area (Å²) in [5, 5.41) is 3.68. The van der Waals surface area contributed by atoms with Gasteiger partial charge in [-0.25, -0.2) is 13.1 Å². The zero-order chi connectivity index (χ0) is 13.6. The Labute approximate surface area is 118 Å². The predicted molar refractivity (Wildman–Crippen MR) is 74.8 cm³/mol. The van der Waals surface area contributed by atoms with Gasteiger partial charge in [0, 0.05) is 6.54 Å². The normalized spacial score (nSPS) is 11.7. The summed E-state index contributed by atoms with van der Waals surface area (Å²) < 4.78 is 26.3. The topological polar surface area (TPSA) is 58.2 Å². The van der Waals surface area contributed by atoms with Gasteiger partial charge in [0.05, 0.1) is 14.9 Å². The minimum absolute atomic E-state index is 0.125. The van der Waals surface area contributed by atoms with Gasteiger partial charge in [0.2, 0.25) is 10.0 Å². The summed E-state index contributed by atoms with van der Waals surface area (Å²) >= 11 is 11.5. The number of halogens is 2. The summed E-state index contributed by atoms with van der Waals surface area (Å²) in [5.41, 5.74) is 0. The molecule has 0 aliphatic carbocycles. The Morgan fingerprint density at radius 1 is 1.17 bits per heavy atom. The van der Waals surface area contributed by atoms with Crippen LogP contribution < -0.4 is 10.0 Å². The maximum Gasteiger partial charge on any atom is 0.240 e. The van der Waals surface area contributed by atoms with Crippen LogP contribution in [-0.4, -0.2) is 28.1 Å². The zero-order valence-corrected chi connectivity index (χ0v) is 12.4. The van der Waals surface area contributed by atoms with Crippen LogP contribution in [0.3, 0.4) is 0 Å². The van der Waals surface area contributed by atoms with E-state index in [2.05, 4.69) is 10.0 Å². The summed E-state index contributed by atoms with van der Waals surface area (Å²) in [6.45, 7) is 4.04. The molecule has 0 saturated carbocycles. The van der Waals surface area contributed by atoms with Crippen LogP contribution in [-0.2, 0) is 10.0 Å². The molecule has 0 atom stereocenters. The van der Waals surface area contributed by atoms with E-state index < -0.39 is 10.0 Å². The average Bonchev–Trinajstić information content (AvgIpc) is 2.32. The summed E-state index contributed by atoms with van der Waals surface area (Å²) in [6, 6.07) is 4.24. The van der Waals surface area contributed by atoms with Gasteiger partial charge < -0.3 is 5.32 Å². The lowest BCUT2D eigenvalue weighted by molar-refractivity contribution is 0.575. The monoisotopic (exact) mass is 310 g/mol. The lowest BCUT2D eigenvalue weighted by Gasteiger charge is -2.07. The second kappa shape index (κ2) is 7.31. The summed E-state index contributed by atoms with van der Waals surface area (Å²) in [6.07, 6.45) is 0.731. The molecule has 0 heterocycles. The highest BCUT2D eigenvalue weighted by molar-refractivity contribution is 7.89. The molecule has 0 bridgehead atoms. The van der Waals surface area contributed by atoms with Gasteiger partial charge in [0.1, 0.15) is 0 Å². The van der Waals surface area contributed by atoms with E-state index in [1.54, 1.807) is 0 Å². The van der Waals surface area contributed by atoms with Crippen molar-refractivity contribution < 1.29 is 8.42 Å². The first kappa shape index (κ1) is 15.7. The number of rotatable bonds is 7. The molecular formula is C11H16Cl2N2O2S. The summed E-state index contributed by atoms with van der Waals surface area (Å²) in [5.74, 6) is 0. The van der Waals surface area contributed by atoms with Gasteiger partial charge >= 0.3 is 0 Å². The maximum atomic E-state index is 11.9. The van der Waals surface area contributed by atoms with Crippen LogP contribution in [0.5, 0.6) is 0 Å². The number of sulfonamides is 1. The smallest absolute Gasteiger partial charge is 0.240 e.